The van der Waals surface area contributed by atoms with Gasteiger partial charge in [-0.15, -0.1) is 6.58 Å². The molecule has 0 bridgehead atoms. The fraction of sp³-hybridized carbons (Fsp3) is 0.318. The third-order valence-electron chi connectivity index (χ3n) is 5.71. The number of nitrogens with zero attached hydrogens (tertiary/aromatic N) is 2. The van der Waals surface area contributed by atoms with Gasteiger partial charge in [-0.05, 0) is 44.5 Å². The van der Waals surface area contributed by atoms with Crippen molar-refractivity contribution in [3.8, 4) is 11.5 Å². The molecule has 0 radical (unpaired) electrons. The first-order chi connectivity index (χ1) is 14.3. The number of aryl methyl sites for hydroxylation is 1. The van der Waals surface area contributed by atoms with Crippen LogP contribution in [0.25, 0.3) is 0 Å². The summed E-state index contributed by atoms with van der Waals surface area (Å²) in [5.74, 6) is 0.317. The summed E-state index contributed by atoms with van der Waals surface area (Å²) in [5, 5.41) is 2.72. The lowest BCUT2D eigenvalue weighted by molar-refractivity contribution is -0.130. The Morgan fingerprint density at radius 3 is 2.70 bits per heavy atom. The molecule has 1 N–H and O–H groups in total. The number of allylic oxidation sites excluding steroid dienone is 1. The average molecular weight is 409 g/mol. The van der Waals surface area contributed by atoms with Gasteiger partial charge in [0.05, 0.1) is 6.54 Å². The third kappa shape index (κ3) is 2.96. The zero-order chi connectivity index (χ0) is 21.6. The lowest BCUT2D eigenvalue weighted by atomic mass is 9.91. The summed E-state index contributed by atoms with van der Waals surface area (Å²) in [4.78, 5) is 39.7. The number of carbonyl (C=O) groups excluding carboxylic acids is 3. The Kier molecular flexibility index (Phi) is 4.64. The van der Waals surface area contributed by atoms with Crippen LogP contribution in [0.3, 0.4) is 0 Å². The Morgan fingerprint density at radius 2 is 1.97 bits per heavy atom. The molecule has 1 aromatic carbocycles. The zero-order valence-electron chi connectivity index (χ0n) is 17.2. The van der Waals surface area contributed by atoms with Crippen molar-refractivity contribution < 1.29 is 23.9 Å². The minimum absolute atomic E-state index is 0.112. The number of amides is 3. The third-order valence-corrected chi connectivity index (χ3v) is 5.71. The Balaban J connectivity index is 1.58. The molecule has 8 heteroatoms. The average Bonchev–Trinajstić information content (AvgIpc) is 3.35. The number of ketones is 1. The van der Waals surface area contributed by atoms with Crippen molar-refractivity contribution in [2.24, 2.45) is 0 Å². The highest BCUT2D eigenvalue weighted by molar-refractivity contribution is 6.11. The number of carbonyl (C=O) groups is 3. The smallest absolute Gasteiger partial charge is 0.325 e. The van der Waals surface area contributed by atoms with E-state index in [1.54, 1.807) is 37.3 Å². The van der Waals surface area contributed by atoms with Gasteiger partial charge in [0.25, 0.3) is 5.91 Å². The molecule has 0 unspecified atom stereocenters. The molecule has 2 aliphatic rings. The number of urea groups is 1. The van der Waals surface area contributed by atoms with Crippen LogP contribution in [-0.2, 0) is 16.9 Å². The second-order valence-corrected chi connectivity index (χ2v) is 7.62. The van der Waals surface area contributed by atoms with E-state index in [1.165, 1.54) is 0 Å². The van der Waals surface area contributed by atoms with Crippen LogP contribution in [0, 0.1) is 13.8 Å². The highest BCUT2D eigenvalue weighted by Gasteiger charge is 2.50. The van der Waals surface area contributed by atoms with Crippen molar-refractivity contribution in [2.75, 3.05) is 13.3 Å². The number of Topliss-reactive ketones (excluding diaryl/α,β-unsaturated/α-hetero) is 1. The van der Waals surface area contributed by atoms with Crippen LogP contribution < -0.4 is 14.8 Å². The fourth-order valence-corrected chi connectivity index (χ4v) is 3.97. The lowest BCUT2D eigenvalue weighted by Crippen LogP contribution is -2.41. The molecule has 1 atom stereocenters. The lowest BCUT2D eigenvalue weighted by Gasteiger charge is -2.22. The van der Waals surface area contributed by atoms with Gasteiger partial charge in [-0.1, -0.05) is 12.1 Å². The quantitative estimate of drug-likeness (QED) is 0.450. The van der Waals surface area contributed by atoms with Crippen LogP contribution in [0.15, 0.2) is 36.9 Å². The van der Waals surface area contributed by atoms with E-state index in [0.717, 1.165) is 16.3 Å². The number of aromatic nitrogens is 1. The molecule has 8 nitrogen and oxygen atoms in total. The predicted molar refractivity (Wildman–Crippen MR) is 109 cm³/mol. The summed E-state index contributed by atoms with van der Waals surface area (Å²) < 4.78 is 12.6. The molecule has 2 aromatic rings. The molecule has 1 saturated heterocycles. The van der Waals surface area contributed by atoms with Gasteiger partial charge >= 0.3 is 6.03 Å². The highest BCUT2D eigenvalue weighted by Crippen LogP contribution is 2.37. The second-order valence-electron chi connectivity index (χ2n) is 7.62. The molecule has 0 aliphatic carbocycles. The Bertz CT molecular complexity index is 1090. The summed E-state index contributed by atoms with van der Waals surface area (Å²) >= 11 is 0. The molecule has 1 aromatic heterocycles. The molecule has 30 heavy (non-hydrogen) atoms. The SMILES string of the molecule is C=CCn1c(C)cc(C(=O)CN2C(=O)N[C@@](C)(c3ccc4c(c3)OCO4)C2=O)c1C. The summed E-state index contributed by atoms with van der Waals surface area (Å²) in [6.07, 6.45) is 1.75. The van der Waals surface area contributed by atoms with E-state index >= 15 is 0 Å². The van der Waals surface area contributed by atoms with Crippen molar-refractivity contribution in [2.45, 2.75) is 32.9 Å². The van der Waals surface area contributed by atoms with Gasteiger partial charge < -0.3 is 19.4 Å². The van der Waals surface area contributed by atoms with Gasteiger partial charge in [0, 0.05) is 23.5 Å². The molecule has 3 heterocycles. The van der Waals surface area contributed by atoms with Gasteiger partial charge in [0.15, 0.2) is 17.3 Å². The predicted octanol–water partition coefficient (Wildman–Crippen LogP) is 2.67. The monoisotopic (exact) mass is 409 g/mol. The van der Waals surface area contributed by atoms with Crippen LogP contribution in [0.2, 0.25) is 0 Å². The van der Waals surface area contributed by atoms with Gasteiger partial charge in [-0.2, -0.15) is 0 Å². The van der Waals surface area contributed by atoms with E-state index in [4.69, 9.17) is 9.47 Å². The Morgan fingerprint density at radius 1 is 1.23 bits per heavy atom. The standard InChI is InChI=1S/C22H23N3O5/c1-5-8-24-13(2)9-16(14(24)3)17(26)11-25-20(27)22(4,23-21(25)28)15-6-7-18-19(10-15)30-12-29-18/h5-7,9-10H,1,8,11-12H2,2-4H3,(H,23,28)/t22-/m0/s1. The summed E-state index contributed by atoms with van der Waals surface area (Å²) in [7, 11) is 0. The van der Waals surface area contributed by atoms with Crippen molar-refractivity contribution in [3.63, 3.8) is 0 Å². The number of fused-ring (bicyclic) bond motifs is 1. The van der Waals surface area contributed by atoms with E-state index in [-0.39, 0.29) is 19.1 Å². The summed E-state index contributed by atoms with van der Waals surface area (Å²) in [6, 6.07) is 6.25. The molecule has 3 amide bonds. The number of hydrogen-bond acceptors (Lipinski definition) is 5. The maximum atomic E-state index is 13.2. The number of rotatable bonds is 6. The van der Waals surface area contributed by atoms with Crippen molar-refractivity contribution in [3.05, 3.63) is 59.4 Å². The maximum absolute atomic E-state index is 13.2. The van der Waals surface area contributed by atoms with Crippen molar-refractivity contribution in [1.82, 2.24) is 14.8 Å². The van der Waals surface area contributed by atoms with E-state index in [0.29, 0.717) is 29.2 Å². The molecule has 156 valence electrons. The Hall–Kier alpha value is -3.55. The Labute approximate surface area is 174 Å². The molecule has 0 spiro atoms. The van der Waals surface area contributed by atoms with Crippen LogP contribution in [-0.4, -0.2) is 40.5 Å². The minimum Gasteiger partial charge on any atom is -0.454 e. The van der Waals surface area contributed by atoms with Gasteiger partial charge in [-0.25, -0.2) is 4.79 Å². The van der Waals surface area contributed by atoms with Crippen molar-refractivity contribution in [1.29, 1.82) is 0 Å². The number of ether oxygens (including phenoxy) is 2. The minimum atomic E-state index is -1.29. The van der Waals surface area contributed by atoms with Crippen LogP contribution in [0.1, 0.15) is 34.2 Å². The first-order valence-corrected chi connectivity index (χ1v) is 9.61. The molecule has 0 saturated carbocycles. The van der Waals surface area contributed by atoms with Crippen molar-refractivity contribution >= 4 is 17.7 Å². The maximum Gasteiger partial charge on any atom is 0.325 e. The second kappa shape index (κ2) is 7.05. The zero-order valence-corrected chi connectivity index (χ0v) is 17.2. The number of benzene rings is 1. The van der Waals surface area contributed by atoms with E-state index in [2.05, 4.69) is 11.9 Å². The van der Waals surface area contributed by atoms with Gasteiger partial charge in [-0.3, -0.25) is 14.5 Å². The molecular formula is C22H23N3O5. The fourth-order valence-electron chi connectivity index (χ4n) is 3.97. The number of hydrogen-bond donors (Lipinski definition) is 1. The molecule has 1 fully saturated rings. The topological polar surface area (TPSA) is 89.9 Å². The van der Waals surface area contributed by atoms with Gasteiger partial charge in [0.1, 0.15) is 5.54 Å². The van der Waals surface area contributed by atoms with Crippen LogP contribution in [0.4, 0.5) is 4.79 Å². The summed E-state index contributed by atoms with van der Waals surface area (Å²) in [5.41, 5.74) is 1.45. The number of imide groups is 1. The number of nitrogens with one attached hydrogen (secondary N) is 1. The van der Waals surface area contributed by atoms with E-state index in [9.17, 15) is 14.4 Å². The first-order valence-electron chi connectivity index (χ1n) is 9.61. The molecular weight excluding hydrogens is 386 g/mol. The van der Waals surface area contributed by atoms with E-state index in [1.807, 2.05) is 18.4 Å². The largest absolute Gasteiger partial charge is 0.454 e. The van der Waals surface area contributed by atoms with Crippen LogP contribution in [0.5, 0.6) is 11.5 Å². The molecule has 4 rings (SSSR count). The normalized spacial score (nSPS) is 19.9. The van der Waals surface area contributed by atoms with E-state index < -0.39 is 17.5 Å². The molecule has 2 aliphatic heterocycles. The van der Waals surface area contributed by atoms with Crippen LogP contribution >= 0.6 is 0 Å². The van der Waals surface area contributed by atoms with Gasteiger partial charge in [0.2, 0.25) is 6.79 Å². The summed E-state index contributed by atoms with van der Waals surface area (Å²) in [6.45, 7) is 9.45. The first kappa shape index (κ1) is 19.8. The highest BCUT2D eigenvalue weighted by atomic mass is 16.7.